The predicted octanol–water partition coefficient (Wildman–Crippen LogP) is 3.58. The molecule has 0 bridgehead atoms. The fraction of sp³-hybridized carbons (Fsp3) is 0.0909. The summed E-state index contributed by atoms with van der Waals surface area (Å²) in [5.41, 5.74) is -0.291. The van der Waals surface area contributed by atoms with Crippen LogP contribution in [0.4, 0.5) is 0 Å². The number of hydrogen-bond donors (Lipinski definition) is 1. The molecule has 0 aliphatic rings. The second kappa shape index (κ2) is 6.09. The van der Waals surface area contributed by atoms with Gasteiger partial charge < -0.3 is 9.84 Å². The molecular formula is C11H7Cl3O4. The Kier molecular flexibility index (Phi) is 5.02. The molecule has 1 aromatic carbocycles. The van der Waals surface area contributed by atoms with Crippen LogP contribution in [0.2, 0.25) is 15.1 Å². The fourth-order valence-corrected chi connectivity index (χ4v) is 1.92. The molecule has 0 radical (unpaired) electrons. The van der Waals surface area contributed by atoms with Crippen LogP contribution in [0.1, 0.15) is 6.42 Å². The summed E-state index contributed by atoms with van der Waals surface area (Å²) in [6.07, 6.45) is -0.468. The highest BCUT2D eigenvalue weighted by Gasteiger charge is 2.16. The number of halogens is 3. The van der Waals surface area contributed by atoms with E-state index in [9.17, 15) is 9.59 Å². The van der Waals surface area contributed by atoms with Gasteiger partial charge in [-0.25, -0.2) is 4.79 Å². The highest BCUT2D eigenvalue weighted by Crippen LogP contribution is 2.36. The van der Waals surface area contributed by atoms with Crippen molar-refractivity contribution in [3.8, 4) is 5.75 Å². The summed E-state index contributed by atoms with van der Waals surface area (Å²) in [5, 5.41) is 8.97. The first-order chi connectivity index (χ1) is 8.31. The van der Waals surface area contributed by atoms with Gasteiger partial charge in [0.2, 0.25) is 0 Å². The average molecular weight is 310 g/mol. The maximum Gasteiger partial charge on any atom is 0.331 e. The molecule has 18 heavy (non-hydrogen) atoms. The number of carboxylic acid groups (broad SMARTS) is 1. The van der Waals surface area contributed by atoms with Gasteiger partial charge in [-0.1, -0.05) is 41.4 Å². The Morgan fingerprint density at radius 2 is 1.72 bits per heavy atom. The van der Waals surface area contributed by atoms with Gasteiger partial charge in [-0.05, 0) is 12.1 Å². The molecule has 96 valence electrons. The number of rotatable bonds is 4. The lowest BCUT2D eigenvalue weighted by molar-refractivity contribution is -0.138. The molecule has 7 heteroatoms. The van der Waals surface area contributed by atoms with Crippen LogP contribution in [0.25, 0.3) is 0 Å². The first kappa shape index (κ1) is 14.8. The van der Waals surface area contributed by atoms with Gasteiger partial charge in [-0.3, -0.25) is 4.79 Å². The van der Waals surface area contributed by atoms with Gasteiger partial charge in [0.1, 0.15) is 0 Å². The Morgan fingerprint density at radius 3 is 2.17 bits per heavy atom. The lowest BCUT2D eigenvalue weighted by Gasteiger charge is -2.08. The van der Waals surface area contributed by atoms with Crippen molar-refractivity contribution in [2.75, 3.05) is 0 Å². The normalized spacial score (nSPS) is 9.94. The molecule has 0 spiro atoms. The fourth-order valence-electron chi connectivity index (χ4n) is 1.03. The molecule has 0 heterocycles. The van der Waals surface area contributed by atoms with E-state index in [1.807, 2.05) is 0 Å². The third-order valence-corrected chi connectivity index (χ3v) is 2.62. The monoisotopic (exact) mass is 308 g/mol. The molecule has 0 amide bonds. The lowest BCUT2D eigenvalue weighted by atomic mass is 10.2. The number of ether oxygens (including phenoxy) is 1. The third-order valence-electron chi connectivity index (χ3n) is 1.84. The van der Waals surface area contributed by atoms with Crippen LogP contribution in [-0.2, 0) is 9.59 Å². The minimum atomic E-state index is -1.28. The first-order valence-electron chi connectivity index (χ1n) is 4.57. The minimum absolute atomic E-state index is 0.0572. The highest BCUT2D eigenvalue weighted by atomic mass is 35.5. The van der Waals surface area contributed by atoms with Crippen LogP contribution in [0.3, 0.4) is 0 Å². The van der Waals surface area contributed by atoms with Crippen LogP contribution < -0.4 is 4.74 Å². The van der Waals surface area contributed by atoms with Gasteiger partial charge in [0.25, 0.3) is 0 Å². The second-order valence-electron chi connectivity index (χ2n) is 3.26. The van der Waals surface area contributed by atoms with Crippen molar-refractivity contribution in [2.45, 2.75) is 6.42 Å². The van der Waals surface area contributed by atoms with E-state index in [1.54, 1.807) is 0 Å². The summed E-state index contributed by atoms with van der Waals surface area (Å²) >= 11 is 17.3. The standard InChI is InChI=1S/C11H7Cl3O4/c1-5(11(16)17)2-9(15)18-10-7(13)3-6(12)4-8(10)14/h3-4H,1-2H2,(H,16,17). The maximum atomic E-state index is 11.4. The van der Waals surface area contributed by atoms with E-state index in [-0.39, 0.29) is 21.4 Å². The van der Waals surface area contributed by atoms with E-state index in [0.717, 1.165) is 0 Å². The Morgan fingerprint density at radius 1 is 1.22 bits per heavy atom. The van der Waals surface area contributed by atoms with Gasteiger partial charge in [0, 0.05) is 10.6 Å². The Bertz CT molecular complexity index is 502. The van der Waals surface area contributed by atoms with Gasteiger partial charge in [-0.2, -0.15) is 0 Å². The predicted molar refractivity (Wildman–Crippen MR) is 68.5 cm³/mol. The van der Waals surface area contributed by atoms with E-state index in [2.05, 4.69) is 6.58 Å². The maximum absolute atomic E-state index is 11.4. The molecule has 1 aromatic rings. The van der Waals surface area contributed by atoms with Gasteiger partial charge in [-0.15, -0.1) is 0 Å². The largest absolute Gasteiger partial charge is 0.478 e. The zero-order valence-electron chi connectivity index (χ0n) is 8.87. The van der Waals surface area contributed by atoms with Crippen molar-refractivity contribution in [1.29, 1.82) is 0 Å². The number of carbonyl (C=O) groups excluding carboxylic acids is 1. The SMILES string of the molecule is C=C(CC(=O)Oc1c(Cl)cc(Cl)cc1Cl)C(=O)O. The summed E-state index contributed by atoms with van der Waals surface area (Å²) in [5.74, 6) is -2.17. The summed E-state index contributed by atoms with van der Waals surface area (Å²) in [6.45, 7) is 3.21. The van der Waals surface area contributed by atoms with Crippen LogP contribution in [-0.4, -0.2) is 17.0 Å². The summed E-state index contributed by atoms with van der Waals surface area (Å²) in [6, 6.07) is 2.70. The molecule has 0 aliphatic heterocycles. The van der Waals surface area contributed by atoms with E-state index < -0.39 is 18.4 Å². The average Bonchev–Trinajstić information content (AvgIpc) is 2.23. The summed E-state index contributed by atoms with van der Waals surface area (Å²) in [4.78, 5) is 21.9. The van der Waals surface area contributed by atoms with Crippen molar-refractivity contribution < 1.29 is 19.4 Å². The minimum Gasteiger partial charge on any atom is -0.478 e. The van der Waals surface area contributed by atoms with Gasteiger partial charge in [0.15, 0.2) is 5.75 Å². The summed E-state index contributed by atoms with van der Waals surface area (Å²) in [7, 11) is 0. The lowest BCUT2D eigenvalue weighted by Crippen LogP contribution is -2.12. The number of aliphatic carboxylic acids is 1. The van der Waals surface area contributed by atoms with Crippen molar-refractivity contribution in [2.24, 2.45) is 0 Å². The molecule has 0 unspecified atom stereocenters. The summed E-state index contributed by atoms with van der Waals surface area (Å²) < 4.78 is 4.87. The van der Waals surface area contributed by atoms with Gasteiger partial charge in [0.05, 0.1) is 16.5 Å². The quantitative estimate of drug-likeness (QED) is 0.524. The van der Waals surface area contributed by atoms with E-state index >= 15 is 0 Å². The van der Waals surface area contributed by atoms with E-state index in [0.29, 0.717) is 5.02 Å². The molecular weight excluding hydrogens is 302 g/mol. The van der Waals surface area contributed by atoms with Crippen LogP contribution >= 0.6 is 34.8 Å². The molecule has 0 saturated carbocycles. The Hall–Kier alpha value is -1.23. The highest BCUT2D eigenvalue weighted by molar-refractivity contribution is 6.40. The van der Waals surface area contributed by atoms with Gasteiger partial charge >= 0.3 is 11.9 Å². The van der Waals surface area contributed by atoms with Crippen molar-refractivity contribution in [3.05, 3.63) is 39.4 Å². The number of carboxylic acids is 1. The molecule has 4 nitrogen and oxygen atoms in total. The molecule has 0 fully saturated rings. The second-order valence-corrected chi connectivity index (χ2v) is 4.51. The van der Waals surface area contributed by atoms with Crippen LogP contribution in [0.5, 0.6) is 5.75 Å². The van der Waals surface area contributed by atoms with Crippen molar-refractivity contribution in [1.82, 2.24) is 0 Å². The van der Waals surface area contributed by atoms with Crippen molar-refractivity contribution in [3.63, 3.8) is 0 Å². The number of benzene rings is 1. The molecule has 1 N–H and O–H groups in total. The molecule has 0 aromatic heterocycles. The number of carbonyl (C=O) groups is 2. The van der Waals surface area contributed by atoms with E-state index in [1.165, 1.54) is 12.1 Å². The number of esters is 1. The van der Waals surface area contributed by atoms with Crippen molar-refractivity contribution >= 4 is 46.7 Å². The van der Waals surface area contributed by atoms with Crippen LogP contribution in [0.15, 0.2) is 24.3 Å². The number of hydrogen-bond acceptors (Lipinski definition) is 3. The molecule has 0 aliphatic carbocycles. The topological polar surface area (TPSA) is 63.6 Å². The molecule has 1 rings (SSSR count). The zero-order valence-corrected chi connectivity index (χ0v) is 11.1. The smallest absolute Gasteiger partial charge is 0.331 e. The molecule has 0 saturated heterocycles. The Balaban J connectivity index is 2.83. The first-order valence-corrected chi connectivity index (χ1v) is 5.71. The molecule has 0 atom stereocenters. The zero-order chi connectivity index (χ0) is 13.9. The van der Waals surface area contributed by atoms with Crippen LogP contribution in [0, 0.1) is 0 Å². The third kappa shape index (κ3) is 3.91. The van der Waals surface area contributed by atoms with E-state index in [4.69, 9.17) is 44.6 Å². The Labute approximate surface area is 118 Å².